The van der Waals surface area contributed by atoms with Crippen molar-refractivity contribution in [2.45, 2.75) is 61.2 Å². The van der Waals surface area contributed by atoms with Crippen LogP contribution in [0.4, 0.5) is 5.82 Å². The van der Waals surface area contributed by atoms with Crippen LogP contribution in [0.15, 0.2) is 12.7 Å². The van der Waals surface area contributed by atoms with E-state index in [1.807, 2.05) is 0 Å². The highest BCUT2D eigenvalue weighted by Gasteiger charge is 2.68. The number of methoxy groups -OCH3 is 2. The lowest BCUT2D eigenvalue weighted by Gasteiger charge is -2.53. The molecule has 0 aromatic carbocycles. The van der Waals surface area contributed by atoms with Crippen LogP contribution in [0.5, 0.6) is 0 Å². The van der Waals surface area contributed by atoms with Gasteiger partial charge in [-0.15, -0.1) is 0 Å². The van der Waals surface area contributed by atoms with Crippen LogP contribution >= 0.6 is 0 Å². The highest BCUT2D eigenvalue weighted by atomic mass is 16.7. The molecule has 5 heterocycles. The second-order valence-corrected chi connectivity index (χ2v) is 8.02. The molecular formula is C18H23N5O9. The second-order valence-electron chi connectivity index (χ2n) is 8.02. The Morgan fingerprint density at radius 2 is 2.03 bits per heavy atom. The van der Waals surface area contributed by atoms with Gasteiger partial charge in [0.2, 0.25) is 11.6 Å². The minimum atomic E-state index is -2.79. The van der Waals surface area contributed by atoms with Crippen molar-refractivity contribution in [3.8, 4) is 0 Å². The number of anilines is 1. The first-order chi connectivity index (χ1) is 15.2. The zero-order valence-electron chi connectivity index (χ0n) is 17.2. The van der Waals surface area contributed by atoms with Crippen molar-refractivity contribution in [3.63, 3.8) is 0 Å². The van der Waals surface area contributed by atoms with Crippen molar-refractivity contribution in [2.24, 2.45) is 0 Å². The monoisotopic (exact) mass is 453 g/mol. The predicted molar refractivity (Wildman–Crippen MR) is 101 cm³/mol. The zero-order valence-corrected chi connectivity index (χ0v) is 17.2. The van der Waals surface area contributed by atoms with Crippen LogP contribution in [0.1, 0.15) is 19.1 Å². The van der Waals surface area contributed by atoms with Crippen LogP contribution in [0, 0.1) is 0 Å². The molecule has 0 radical (unpaired) electrons. The van der Waals surface area contributed by atoms with E-state index in [4.69, 9.17) is 24.7 Å². The van der Waals surface area contributed by atoms with Crippen molar-refractivity contribution >= 4 is 23.0 Å². The first-order valence-electron chi connectivity index (χ1n) is 9.89. The molecule has 3 aliphatic rings. The summed E-state index contributed by atoms with van der Waals surface area (Å²) >= 11 is 0. The summed E-state index contributed by atoms with van der Waals surface area (Å²) in [5.41, 5.74) is 6.64. The molecule has 0 aliphatic carbocycles. The lowest BCUT2D eigenvalue weighted by molar-refractivity contribution is -0.456. The minimum absolute atomic E-state index is 0.0162. The maximum atomic E-state index is 11.9. The van der Waals surface area contributed by atoms with E-state index in [1.54, 1.807) is 4.57 Å². The van der Waals surface area contributed by atoms with Gasteiger partial charge in [-0.25, -0.2) is 19.7 Å². The van der Waals surface area contributed by atoms with Gasteiger partial charge in [-0.1, -0.05) is 0 Å². The van der Waals surface area contributed by atoms with Gasteiger partial charge in [-0.05, 0) is 0 Å². The van der Waals surface area contributed by atoms with Crippen LogP contribution < -0.4 is 5.73 Å². The Balaban J connectivity index is 1.48. The maximum absolute atomic E-state index is 11.9. The van der Waals surface area contributed by atoms with Gasteiger partial charge in [0.05, 0.1) is 19.5 Å². The van der Waals surface area contributed by atoms with Gasteiger partial charge in [0.15, 0.2) is 23.8 Å². The molecule has 14 nitrogen and oxygen atoms in total. The highest BCUT2D eigenvalue weighted by Crippen LogP contribution is 2.49. The number of fused-ring (bicyclic) bond motifs is 3. The third-order valence-electron chi connectivity index (χ3n) is 6.25. The molecule has 3 aliphatic heterocycles. The molecule has 0 amide bonds. The van der Waals surface area contributed by atoms with Crippen molar-refractivity contribution < 1.29 is 43.8 Å². The summed E-state index contributed by atoms with van der Waals surface area (Å²) < 4.78 is 29.4. The second kappa shape index (κ2) is 7.28. The quantitative estimate of drug-likeness (QED) is 0.289. The molecule has 32 heavy (non-hydrogen) atoms. The van der Waals surface area contributed by atoms with Crippen LogP contribution in [-0.4, -0.2) is 97.1 Å². The van der Waals surface area contributed by atoms with E-state index < -0.39 is 60.7 Å². The number of ether oxygens (including phenoxy) is 5. The van der Waals surface area contributed by atoms with E-state index in [0.717, 1.165) is 7.11 Å². The summed E-state index contributed by atoms with van der Waals surface area (Å²) in [6.07, 6.45) is -3.64. The lowest BCUT2D eigenvalue weighted by Crippen LogP contribution is -2.73. The number of carbonyl (C=O) groups excluding carboxylic acids is 1. The maximum Gasteiger partial charge on any atom is 0.335 e. The lowest BCUT2D eigenvalue weighted by atomic mass is 9.83. The number of carbonyl (C=O) groups is 1. The Hall–Kier alpha value is -2.46. The molecular weight excluding hydrogens is 430 g/mol. The highest BCUT2D eigenvalue weighted by molar-refractivity contribution is 5.81. The Bertz CT molecular complexity index is 1050. The average Bonchev–Trinajstić information content (AvgIpc) is 3.33. The number of hydrogen-bond donors (Lipinski definition) is 4. The van der Waals surface area contributed by atoms with Crippen LogP contribution in [0.3, 0.4) is 0 Å². The number of nitrogens with two attached hydrogens (primary N) is 1. The zero-order chi connectivity index (χ0) is 22.8. The molecule has 5 N–H and O–H groups in total. The molecule has 3 saturated heterocycles. The first kappa shape index (κ1) is 21.4. The van der Waals surface area contributed by atoms with Crippen LogP contribution in [0.25, 0.3) is 11.2 Å². The Kier molecular flexibility index (Phi) is 4.86. The van der Waals surface area contributed by atoms with Gasteiger partial charge in [-0.2, -0.15) is 0 Å². The van der Waals surface area contributed by atoms with Crippen molar-refractivity contribution in [3.05, 3.63) is 12.7 Å². The van der Waals surface area contributed by atoms with E-state index in [2.05, 4.69) is 19.7 Å². The molecule has 3 fully saturated rings. The van der Waals surface area contributed by atoms with Gasteiger partial charge in [0.1, 0.15) is 30.2 Å². The van der Waals surface area contributed by atoms with Crippen LogP contribution in [0.2, 0.25) is 0 Å². The molecule has 5 rings (SSSR count). The number of imidazole rings is 1. The molecule has 2 aromatic rings. The van der Waals surface area contributed by atoms with Gasteiger partial charge in [-0.3, -0.25) is 4.57 Å². The molecule has 0 spiro atoms. The van der Waals surface area contributed by atoms with E-state index >= 15 is 0 Å². The minimum Gasteiger partial charge on any atom is -0.467 e. The van der Waals surface area contributed by atoms with Crippen molar-refractivity contribution in [1.82, 2.24) is 19.5 Å². The van der Waals surface area contributed by atoms with Crippen LogP contribution in [-0.2, 0) is 28.5 Å². The van der Waals surface area contributed by atoms with Gasteiger partial charge >= 0.3 is 5.97 Å². The third kappa shape index (κ3) is 2.92. The molecule has 0 bridgehead atoms. The fourth-order valence-corrected chi connectivity index (χ4v) is 4.65. The molecule has 174 valence electrons. The Morgan fingerprint density at radius 1 is 1.25 bits per heavy atom. The molecule has 2 aromatic heterocycles. The van der Waals surface area contributed by atoms with Gasteiger partial charge in [0.25, 0.3) is 0 Å². The van der Waals surface area contributed by atoms with E-state index in [1.165, 1.54) is 19.8 Å². The molecule has 0 unspecified atom stereocenters. The third-order valence-corrected chi connectivity index (χ3v) is 6.25. The number of esters is 1. The normalized spacial score (nSPS) is 38.3. The predicted octanol–water partition coefficient (Wildman–Crippen LogP) is -2.19. The van der Waals surface area contributed by atoms with E-state index in [0.29, 0.717) is 11.2 Å². The summed E-state index contributed by atoms with van der Waals surface area (Å²) in [6.45, 7) is 0. The number of nitrogen functional groups attached to an aromatic ring is 1. The fourth-order valence-electron chi connectivity index (χ4n) is 4.65. The Labute approximate surface area is 180 Å². The topological polar surface area (TPSA) is 194 Å². The smallest absolute Gasteiger partial charge is 0.335 e. The van der Waals surface area contributed by atoms with Gasteiger partial charge in [0, 0.05) is 20.0 Å². The van der Waals surface area contributed by atoms with E-state index in [9.17, 15) is 20.1 Å². The fraction of sp³-hybridized carbons (Fsp3) is 0.667. The van der Waals surface area contributed by atoms with Crippen molar-refractivity contribution in [2.75, 3.05) is 20.0 Å². The summed E-state index contributed by atoms with van der Waals surface area (Å²) in [4.78, 5) is 24.3. The van der Waals surface area contributed by atoms with Gasteiger partial charge < -0.3 is 44.7 Å². The molecule has 0 saturated carbocycles. The number of aliphatic hydroxyl groups is 3. The molecule has 7 atom stereocenters. The average molecular weight is 453 g/mol. The summed E-state index contributed by atoms with van der Waals surface area (Å²) in [5.74, 6) is -5.93. The number of nitrogens with zero attached hydrogens (tertiary/aromatic N) is 4. The summed E-state index contributed by atoms with van der Waals surface area (Å²) in [5, 5.41) is 32.3. The number of hydrogen-bond acceptors (Lipinski definition) is 13. The molecule has 14 heteroatoms. The number of rotatable bonds is 3. The summed E-state index contributed by atoms with van der Waals surface area (Å²) in [7, 11) is 2.58. The SMILES string of the molecule is COC(=O)[C@@H]1CC(O)(O)[C@@]2(O)O[C@@H]3[C@@H](OC)[C@H](n4cnc5c(N)ncnc54)O[C@@H]3C[C@H]2O1. The standard InChI is InChI=1S/C18H23N5O9/c1-28-12-11-7(31-15(12)23-6-22-10-13(19)20-5-21-14(10)23)3-9-18(27,32-11)17(25,26)4-8(30-9)16(24)29-2/h5-9,11-12,15,25-27H,3-4H2,1-2H3,(H2,19,20,21)/t7-,8+,9-,11+,12-,15-,18+/m1/s1. The Morgan fingerprint density at radius 3 is 2.75 bits per heavy atom. The first-order valence-corrected chi connectivity index (χ1v) is 9.89. The number of aromatic nitrogens is 4. The van der Waals surface area contributed by atoms with Crippen molar-refractivity contribution in [1.29, 1.82) is 0 Å². The summed E-state index contributed by atoms with van der Waals surface area (Å²) in [6, 6.07) is 0. The van der Waals surface area contributed by atoms with E-state index in [-0.39, 0.29) is 12.2 Å². The largest absolute Gasteiger partial charge is 0.467 e.